The zero-order valence-electron chi connectivity index (χ0n) is 13.0. The predicted molar refractivity (Wildman–Crippen MR) is 93.8 cm³/mol. The van der Waals surface area contributed by atoms with Gasteiger partial charge in [-0.3, -0.25) is 9.11 Å². The molecule has 0 aliphatic rings. The van der Waals surface area contributed by atoms with Gasteiger partial charge in [-0.05, 0) is 48.5 Å². The highest BCUT2D eigenvalue weighted by atomic mass is 32.2. The van der Waals surface area contributed by atoms with Crippen molar-refractivity contribution in [2.45, 2.75) is 29.3 Å². The largest absolute Gasteiger partial charge is 0.294 e. The summed E-state index contributed by atoms with van der Waals surface area (Å²) in [7, 11) is -9.74. The number of hydrogen-bond acceptors (Lipinski definition) is 4. The second-order valence-corrected chi connectivity index (χ2v) is 11.1. The molecule has 0 saturated heterocycles. The molecule has 2 N–H and O–H groups in total. The fourth-order valence-electron chi connectivity index (χ4n) is 2.33. The molecule has 130 valence electrons. The highest BCUT2D eigenvalue weighted by Crippen LogP contribution is 2.39. The molecular weight excluding hydrogens is 371 g/mol. The Morgan fingerprint density at radius 1 is 0.792 bits per heavy atom. The highest BCUT2D eigenvalue weighted by molar-refractivity contribution is 7.86. The average Bonchev–Trinajstić information content (AvgIpc) is 2.46. The van der Waals surface area contributed by atoms with Crippen LogP contribution in [0.25, 0.3) is 0 Å². The van der Waals surface area contributed by atoms with Crippen LogP contribution in [0.4, 0.5) is 0 Å². The quantitative estimate of drug-likeness (QED) is 0.599. The molecule has 2 aromatic rings. The van der Waals surface area contributed by atoms with E-state index in [4.69, 9.17) is 0 Å². The van der Waals surface area contributed by atoms with Crippen molar-refractivity contribution in [3.05, 3.63) is 48.5 Å². The normalized spacial score (nSPS) is 12.8. The van der Waals surface area contributed by atoms with Crippen molar-refractivity contribution in [2.75, 3.05) is 0 Å². The molecule has 2 aromatic carbocycles. The minimum Gasteiger partial charge on any atom is -0.282 e. The average molecular weight is 388 g/mol. The van der Waals surface area contributed by atoms with Gasteiger partial charge in [0, 0.05) is 0 Å². The Kier molecular flexibility index (Phi) is 5.47. The van der Waals surface area contributed by atoms with Gasteiger partial charge in [-0.15, -0.1) is 0 Å². The lowest BCUT2D eigenvalue weighted by molar-refractivity contribution is 0.481. The highest BCUT2D eigenvalue weighted by Gasteiger charge is 2.21. The zero-order valence-corrected chi connectivity index (χ0v) is 15.5. The third-order valence-electron chi connectivity index (χ3n) is 3.30. The number of benzene rings is 2. The third-order valence-corrected chi connectivity index (χ3v) is 7.70. The SMILES string of the molecule is CC(C)P(c1cccc(S(=O)(=O)O)c1)c1cccc(S(=O)(=O)O)c1. The van der Waals surface area contributed by atoms with Crippen LogP contribution in [0.2, 0.25) is 0 Å². The summed E-state index contributed by atoms with van der Waals surface area (Å²) in [6, 6.07) is 11.9. The van der Waals surface area contributed by atoms with E-state index < -0.39 is 28.2 Å². The van der Waals surface area contributed by atoms with Crippen molar-refractivity contribution in [1.82, 2.24) is 0 Å². The van der Waals surface area contributed by atoms with Crippen molar-refractivity contribution < 1.29 is 25.9 Å². The van der Waals surface area contributed by atoms with Gasteiger partial charge >= 0.3 is 0 Å². The van der Waals surface area contributed by atoms with E-state index in [1.807, 2.05) is 13.8 Å². The molecule has 0 unspecified atom stereocenters. The molecule has 0 spiro atoms. The van der Waals surface area contributed by atoms with E-state index in [1.165, 1.54) is 36.4 Å². The van der Waals surface area contributed by atoms with Crippen LogP contribution in [0.5, 0.6) is 0 Å². The smallest absolute Gasteiger partial charge is 0.282 e. The third kappa shape index (κ3) is 4.40. The Balaban J connectivity index is 2.60. The fourth-order valence-corrected chi connectivity index (χ4v) is 6.10. The lowest BCUT2D eigenvalue weighted by Crippen LogP contribution is -2.19. The van der Waals surface area contributed by atoms with E-state index in [1.54, 1.807) is 12.1 Å². The van der Waals surface area contributed by atoms with Gasteiger partial charge in [0.05, 0.1) is 9.79 Å². The topological polar surface area (TPSA) is 109 Å². The van der Waals surface area contributed by atoms with Crippen LogP contribution in [-0.4, -0.2) is 31.6 Å². The van der Waals surface area contributed by atoms with Gasteiger partial charge in [-0.25, -0.2) is 0 Å². The van der Waals surface area contributed by atoms with Crippen molar-refractivity contribution in [2.24, 2.45) is 0 Å². The Morgan fingerprint density at radius 3 is 1.46 bits per heavy atom. The predicted octanol–water partition coefficient (Wildman–Crippen LogP) is 2.02. The fraction of sp³-hybridized carbons (Fsp3) is 0.200. The molecule has 0 amide bonds. The first-order chi connectivity index (χ1) is 11.0. The van der Waals surface area contributed by atoms with Crippen molar-refractivity contribution in [3.8, 4) is 0 Å². The lowest BCUT2D eigenvalue weighted by Gasteiger charge is -2.23. The molecule has 0 aliphatic heterocycles. The van der Waals surface area contributed by atoms with Crippen LogP contribution in [-0.2, 0) is 20.2 Å². The van der Waals surface area contributed by atoms with Crippen LogP contribution in [0.15, 0.2) is 58.3 Å². The van der Waals surface area contributed by atoms with Gasteiger partial charge in [-0.1, -0.05) is 38.1 Å². The molecule has 0 fully saturated rings. The van der Waals surface area contributed by atoms with Gasteiger partial charge in [-0.2, -0.15) is 16.8 Å². The summed E-state index contributed by atoms with van der Waals surface area (Å²) < 4.78 is 63.8. The molecular formula is C15H17O6PS2. The molecule has 0 aromatic heterocycles. The van der Waals surface area contributed by atoms with Crippen LogP contribution < -0.4 is 10.6 Å². The first kappa shape index (κ1) is 19.0. The van der Waals surface area contributed by atoms with Gasteiger partial charge in [0.25, 0.3) is 20.2 Å². The molecule has 2 rings (SSSR count). The van der Waals surface area contributed by atoms with E-state index >= 15 is 0 Å². The van der Waals surface area contributed by atoms with E-state index in [-0.39, 0.29) is 15.4 Å². The van der Waals surface area contributed by atoms with Gasteiger partial charge in [0.1, 0.15) is 0 Å². The molecule has 9 heteroatoms. The monoisotopic (exact) mass is 388 g/mol. The maximum absolute atomic E-state index is 11.4. The van der Waals surface area contributed by atoms with Crippen molar-refractivity contribution in [1.29, 1.82) is 0 Å². The summed E-state index contributed by atoms with van der Waals surface area (Å²) in [4.78, 5) is -0.418. The van der Waals surface area contributed by atoms with Crippen LogP contribution in [0.1, 0.15) is 13.8 Å². The standard InChI is InChI=1S/C15H17O6PS2/c1-11(2)22(12-5-3-7-14(9-12)23(16,17)18)13-6-4-8-15(10-13)24(19,20)21/h3-11H,1-2H3,(H,16,17,18)(H,19,20,21). The first-order valence-corrected chi connectivity index (χ1v) is 11.2. The summed E-state index contributed by atoms with van der Waals surface area (Å²) in [5.41, 5.74) is 0.0771. The van der Waals surface area contributed by atoms with E-state index in [9.17, 15) is 25.9 Å². The second kappa shape index (κ2) is 6.90. The van der Waals surface area contributed by atoms with E-state index in [0.29, 0.717) is 10.6 Å². The maximum atomic E-state index is 11.4. The summed E-state index contributed by atoms with van der Waals surface area (Å²) in [6.07, 6.45) is 0. The Bertz CT molecular complexity index is 876. The number of rotatable bonds is 5. The maximum Gasteiger partial charge on any atom is 0.294 e. The Hall–Kier alpha value is -1.31. The molecule has 0 heterocycles. The summed E-state index contributed by atoms with van der Waals surface area (Å²) in [5.74, 6) is 0. The van der Waals surface area contributed by atoms with E-state index in [2.05, 4.69) is 0 Å². The summed E-state index contributed by atoms with van der Waals surface area (Å²) in [6.45, 7) is 3.87. The molecule has 0 radical (unpaired) electrons. The lowest BCUT2D eigenvalue weighted by atomic mass is 10.4. The summed E-state index contributed by atoms with van der Waals surface area (Å²) in [5, 5.41) is 1.37. The minimum atomic E-state index is -4.32. The van der Waals surface area contributed by atoms with Crippen molar-refractivity contribution in [3.63, 3.8) is 0 Å². The number of hydrogen-bond donors (Lipinski definition) is 2. The second-order valence-electron chi connectivity index (χ2n) is 5.41. The van der Waals surface area contributed by atoms with E-state index in [0.717, 1.165) is 0 Å². The molecule has 0 aliphatic carbocycles. The van der Waals surface area contributed by atoms with Crippen LogP contribution >= 0.6 is 7.92 Å². The molecule has 0 bridgehead atoms. The Labute approximate surface area is 142 Å². The van der Waals surface area contributed by atoms with Crippen LogP contribution in [0, 0.1) is 0 Å². The zero-order chi connectivity index (χ0) is 18.1. The van der Waals surface area contributed by atoms with Gasteiger partial charge in [0.15, 0.2) is 0 Å². The Morgan fingerprint density at radius 2 is 1.17 bits per heavy atom. The summed E-state index contributed by atoms with van der Waals surface area (Å²) >= 11 is 0. The van der Waals surface area contributed by atoms with Crippen molar-refractivity contribution >= 4 is 38.8 Å². The minimum absolute atomic E-state index is 0.0771. The molecule has 0 atom stereocenters. The van der Waals surface area contributed by atoms with Gasteiger partial charge < -0.3 is 0 Å². The first-order valence-electron chi connectivity index (χ1n) is 6.94. The molecule has 6 nitrogen and oxygen atoms in total. The van der Waals surface area contributed by atoms with Crippen LogP contribution in [0.3, 0.4) is 0 Å². The van der Waals surface area contributed by atoms with Gasteiger partial charge in [0.2, 0.25) is 0 Å². The molecule has 0 saturated carbocycles. The molecule has 24 heavy (non-hydrogen) atoms.